The molecule has 0 bridgehead atoms. The minimum Gasteiger partial charge on any atom is -0.487 e. The largest absolute Gasteiger partial charge is 0.487 e. The molecule has 0 atom stereocenters. The number of nitrogens with zero attached hydrogens (tertiary/aromatic N) is 2. The summed E-state index contributed by atoms with van der Waals surface area (Å²) in [4.78, 5) is 4.37. The van der Waals surface area contributed by atoms with Gasteiger partial charge in [-0.2, -0.15) is 18.4 Å². The monoisotopic (exact) mass is 318 g/mol. The van der Waals surface area contributed by atoms with Crippen molar-refractivity contribution in [2.24, 2.45) is 0 Å². The summed E-state index contributed by atoms with van der Waals surface area (Å²) < 4.78 is 44.1. The number of ether oxygens (including phenoxy) is 1. The van der Waals surface area contributed by atoms with Gasteiger partial charge in [-0.25, -0.2) is 4.98 Å². The highest BCUT2D eigenvalue weighted by Crippen LogP contribution is 2.37. The summed E-state index contributed by atoms with van der Waals surface area (Å²) in [5, 5.41) is 8.65. The highest BCUT2D eigenvalue weighted by molar-refractivity contribution is 7.15. The average Bonchev–Trinajstić information content (AvgIpc) is 2.81. The predicted octanol–water partition coefficient (Wildman–Crippen LogP) is 4.27. The highest BCUT2D eigenvalue weighted by Gasteiger charge is 2.34. The van der Waals surface area contributed by atoms with Gasteiger partial charge in [0.15, 0.2) is 4.47 Å². The minimum atomic E-state index is -4.59. The Morgan fingerprint density at radius 1 is 1.40 bits per heavy atom. The van der Waals surface area contributed by atoms with Crippen LogP contribution in [0.15, 0.2) is 24.4 Å². The van der Waals surface area contributed by atoms with Crippen molar-refractivity contribution in [3.05, 3.63) is 44.9 Å². The van der Waals surface area contributed by atoms with Crippen LogP contribution < -0.4 is 4.74 Å². The van der Waals surface area contributed by atoms with Gasteiger partial charge in [-0.3, -0.25) is 0 Å². The van der Waals surface area contributed by atoms with Gasteiger partial charge in [-0.05, 0) is 18.2 Å². The number of rotatable bonds is 3. The SMILES string of the molecule is N#Cc1ccc(OCc2cnc(Cl)s2)c(C(F)(F)F)c1. The van der Waals surface area contributed by atoms with Gasteiger partial charge in [-0.1, -0.05) is 11.6 Å². The summed E-state index contributed by atoms with van der Waals surface area (Å²) in [5.41, 5.74) is -1.06. The molecule has 2 rings (SSSR count). The summed E-state index contributed by atoms with van der Waals surface area (Å²) in [7, 11) is 0. The molecule has 0 aliphatic heterocycles. The fourth-order valence-electron chi connectivity index (χ4n) is 1.45. The van der Waals surface area contributed by atoms with E-state index in [1.165, 1.54) is 12.3 Å². The van der Waals surface area contributed by atoms with Gasteiger partial charge in [0, 0.05) is 6.20 Å². The summed E-state index contributed by atoms with van der Waals surface area (Å²) >= 11 is 6.75. The molecule has 1 aromatic carbocycles. The average molecular weight is 319 g/mol. The topological polar surface area (TPSA) is 45.9 Å². The molecule has 0 saturated heterocycles. The molecule has 0 saturated carbocycles. The molecular weight excluding hydrogens is 313 g/mol. The maximum Gasteiger partial charge on any atom is 0.420 e. The van der Waals surface area contributed by atoms with E-state index in [4.69, 9.17) is 21.6 Å². The lowest BCUT2D eigenvalue weighted by molar-refractivity contribution is -0.139. The van der Waals surface area contributed by atoms with Gasteiger partial charge >= 0.3 is 6.18 Å². The fourth-order valence-corrected chi connectivity index (χ4v) is 2.34. The van der Waals surface area contributed by atoms with E-state index in [0.29, 0.717) is 9.34 Å². The van der Waals surface area contributed by atoms with Crippen LogP contribution in [0.4, 0.5) is 13.2 Å². The number of aromatic nitrogens is 1. The number of hydrogen-bond acceptors (Lipinski definition) is 4. The van der Waals surface area contributed by atoms with Crippen LogP contribution in [-0.2, 0) is 12.8 Å². The lowest BCUT2D eigenvalue weighted by atomic mass is 10.1. The molecular formula is C12H6ClF3N2OS. The normalized spacial score (nSPS) is 11.2. The van der Waals surface area contributed by atoms with Gasteiger partial charge in [0.05, 0.1) is 22.1 Å². The van der Waals surface area contributed by atoms with E-state index >= 15 is 0 Å². The van der Waals surface area contributed by atoms with Crippen LogP contribution in [0, 0.1) is 11.3 Å². The first kappa shape index (κ1) is 14.6. The lowest BCUT2D eigenvalue weighted by Crippen LogP contribution is -2.09. The Bertz CT molecular complexity index is 663. The van der Waals surface area contributed by atoms with Crippen molar-refractivity contribution in [1.29, 1.82) is 5.26 Å². The second kappa shape index (κ2) is 5.69. The van der Waals surface area contributed by atoms with Crippen LogP contribution in [-0.4, -0.2) is 4.98 Å². The Morgan fingerprint density at radius 3 is 2.70 bits per heavy atom. The van der Waals surface area contributed by atoms with Crippen molar-refractivity contribution < 1.29 is 17.9 Å². The van der Waals surface area contributed by atoms with Crippen molar-refractivity contribution in [1.82, 2.24) is 4.98 Å². The quantitative estimate of drug-likeness (QED) is 0.849. The van der Waals surface area contributed by atoms with E-state index in [1.807, 2.05) is 0 Å². The summed E-state index contributed by atoms with van der Waals surface area (Å²) in [6.07, 6.45) is -3.16. The molecule has 0 aliphatic carbocycles. The van der Waals surface area contributed by atoms with E-state index in [1.54, 1.807) is 6.07 Å². The number of thiazole rings is 1. The molecule has 0 N–H and O–H groups in total. The number of halogens is 4. The molecule has 2 aromatic rings. The molecule has 0 radical (unpaired) electrons. The van der Waals surface area contributed by atoms with Crippen LogP contribution >= 0.6 is 22.9 Å². The van der Waals surface area contributed by atoms with E-state index in [2.05, 4.69) is 4.98 Å². The number of hydrogen-bond donors (Lipinski definition) is 0. The van der Waals surface area contributed by atoms with Gasteiger partial charge in [-0.15, -0.1) is 11.3 Å². The summed E-state index contributed by atoms with van der Waals surface area (Å²) in [5.74, 6) is -0.332. The van der Waals surface area contributed by atoms with E-state index < -0.39 is 11.7 Å². The van der Waals surface area contributed by atoms with Crippen LogP contribution in [0.5, 0.6) is 5.75 Å². The smallest absolute Gasteiger partial charge is 0.420 e. The van der Waals surface area contributed by atoms with Crippen molar-refractivity contribution in [2.45, 2.75) is 12.8 Å². The number of alkyl halides is 3. The zero-order valence-electron chi connectivity index (χ0n) is 9.74. The van der Waals surface area contributed by atoms with Gasteiger partial charge < -0.3 is 4.74 Å². The van der Waals surface area contributed by atoms with Crippen molar-refractivity contribution in [3.63, 3.8) is 0 Å². The Kier molecular flexibility index (Phi) is 4.16. The second-order valence-corrected chi connectivity index (χ2v) is 5.39. The first-order chi connectivity index (χ1) is 9.40. The van der Waals surface area contributed by atoms with Crippen LogP contribution in [0.1, 0.15) is 16.0 Å². The fraction of sp³-hybridized carbons (Fsp3) is 0.167. The van der Waals surface area contributed by atoms with E-state index in [0.717, 1.165) is 23.5 Å². The zero-order valence-corrected chi connectivity index (χ0v) is 11.3. The van der Waals surface area contributed by atoms with Crippen LogP contribution in [0.25, 0.3) is 0 Å². The number of benzene rings is 1. The first-order valence-corrected chi connectivity index (χ1v) is 6.44. The molecule has 0 aliphatic rings. The summed E-state index contributed by atoms with van der Waals surface area (Å²) in [6, 6.07) is 4.82. The molecule has 1 aromatic heterocycles. The van der Waals surface area contributed by atoms with Gasteiger partial charge in [0.1, 0.15) is 12.4 Å². The highest BCUT2D eigenvalue weighted by atomic mass is 35.5. The molecule has 104 valence electrons. The first-order valence-electron chi connectivity index (χ1n) is 5.24. The van der Waals surface area contributed by atoms with Crippen LogP contribution in [0.2, 0.25) is 4.47 Å². The minimum absolute atomic E-state index is 0.0701. The number of nitriles is 1. The second-order valence-electron chi connectivity index (χ2n) is 3.69. The van der Waals surface area contributed by atoms with Gasteiger partial charge in [0.2, 0.25) is 0 Å². The van der Waals surface area contributed by atoms with E-state index in [-0.39, 0.29) is 17.9 Å². The molecule has 3 nitrogen and oxygen atoms in total. The molecule has 1 heterocycles. The van der Waals surface area contributed by atoms with Gasteiger partial charge in [0.25, 0.3) is 0 Å². The molecule has 8 heteroatoms. The van der Waals surface area contributed by atoms with Crippen molar-refractivity contribution in [2.75, 3.05) is 0 Å². The third-order valence-electron chi connectivity index (χ3n) is 2.31. The molecule has 0 spiro atoms. The van der Waals surface area contributed by atoms with E-state index in [9.17, 15) is 13.2 Å². The van der Waals surface area contributed by atoms with Crippen molar-refractivity contribution >= 4 is 22.9 Å². The third kappa shape index (κ3) is 3.40. The third-order valence-corrected chi connectivity index (χ3v) is 3.40. The zero-order chi connectivity index (χ0) is 14.8. The lowest BCUT2D eigenvalue weighted by Gasteiger charge is -2.13. The Balaban J connectivity index is 2.25. The molecule has 0 fully saturated rings. The Labute approximate surface area is 121 Å². The molecule has 0 amide bonds. The Hall–Kier alpha value is -1.78. The maximum atomic E-state index is 12.9. The van der Waals surface area contributed by atoms with Crippen LogP contribution in [0.3, 0.4) is 0 Å². The molecule has 20 heavy (non-hydrogen) atoms. The predicted molar refractivity (Wildman–Crippen MR) is 67.6 cm³/mol. The standard InChI is InChI=1S/C12H6ClF3N2OS/c13-11-18-5-8(20-11)6-19-10-2-1-7(4-17)3-9(10)12(14,15)16/h1-3,5H,6H2. The molecule has 0 unspecified atom stereocenters. The van der Waals surface area contributed by atoms with Crippen molar-refractivity contribution in [3.8, 4) is 11.8 Å². The maximum absolute atomic E-state index is 12.9. The summed E-state index contributed by atoms with van der Waals surface area (Å²) in [6.45, 7) is -0.0701. The Morgan fingerprint density at radius 2 is 2.15 bits per heavy atom.